The van der Waals surface area contributed by atoms with Gasteiger partial charge in [0.1, 0.15) is 0 Å². The molecule has 0 aliphatic rings. The first-order chi connectivity index (χ1) is 15.0. The van der Waals surface area contributed by atoms with Crippen molar-refractivity contribution in [2.45, 2.75) is 19.3 Å². The molecule has 0 radical (unpaired) electrons. The third kappa shape index (κ3) is 4.33. The van der Waals surface area contributed by atoms with Gasteiger partial charge in [0.15, 0.2) is 0 Å². The average molecular weight is 409 g/mol. The Morgan fingerprint density at radius 2 is 1.52 bits per heavy atom. The van der Waals surface area contributed by atoms with Crippen LogP contribution in [0.2, 0.25) is 0 Å². The van der Waals surface area contributed by atoms with Crippen LogP contribution in [0.4, 0.5) is 5.69 Å². The smallest absolute Gasteiger partial charge is 0.337 e. The summed E-state index contributed by atoms with van der Waals surface area (Å²) in [4.78, 5) is 25.1. The van der Waals surface area contributed by atoms with Gasteiger partial charge >= 0.3 is 5.97 Å². The minimum atomic E-state index is -1.07. The molecule has 0 bridgehead atoms. The first kappa shape index (κ1) is 20.4. The summed E-state index contributed by atoms with van der Waals surface area (Å²) in [5.41, 5.74) is 3.17. The van der Waals surface area contributed by atoms with Gasteiger partial charge in [-0.2, -0.15) is 0 Å². The Kier molecular flexibility index (Phi) is 5.80. The quantitative estimate of drug-likeness (QED) is 0.418. The lowest BCUT2D eigenvalue weighted by Crippen LogP contribution is -2.22. The number of hydrogen-bond acceptors (Lipinski definition) is 2. The topological polar surface area (TPSA) is 66.4 Å². The van der Waals surface area contributed by atoms with Crippen LogP contribution < -0.4 is 5.32 Å². The highest BCUT2D eigenvalue weighted by molar-refractivity contribution is 6.04. The number of carbonyl (C=O) groups is 2. The lowest BCUT2D eigenvalue weighted by molar-refractivity contribution is -0.117. The highest BCUT2D eigenvalue weighted by atomic mass is 16.4. The molecule has 4 heteroatoms. The van der Waals surface area contributed by atoms with Crippen LogP contribution in [0.5, 0.6) is 0 Å². The summed E-state index contributed by atoms with van der Waals surface area (Å²) in [5, 5.41) is 14.7. The van der Waals surface area contributed by atoms with E-state index >= 15 is 0 Å². The Hall–Kier alpha value is -3.92. The van der Waals surface area contributed by atoms with Gasteiger partial charge in [-0.15, -0.1) is 0 Å². The summed E-state index contributed by atoms with van der Waals surface area (Å²) >= 11 is 0. The van der Waals surface area contributed by atoms with Crippen LogP contribution in [-0.4, -0.2) is 17.0 Å². The molecule has 1 amide bonds. The van der Waals surface area contributed by atoms with Gasteiger partial charge in [0.25, 0.3) is 0 Å². The van der Waals surface area contributed by atoms with E-state index in [0.717, 1.165) is 27.5 Å². The second-order valence-electron chi connectivity index (χ2n) is 7.59. The van der Waals surface area contributed by atoms with Crippen molar-refractivity contribution in [3.05, 3.63) is 113 Å². The van der Waals surface area contributed by atoms with Crippen LogP contribution in [0.3, 0.4) is 0 Å². The van der Waals surface area contributed by atoms with Crippen molar-refractivity contribution in [2.24, 2.45) is 0 Å². The summed E-state index contributed by atoms with van der Waals surface area (Å²) in [6, 6.07) is 28.7. The SMILES string of the molecule is CC(C(=O)Nc1c(Cc2ccccc2)cccc1C(=O)O)c1cccc2ccccc12. The molecule has 4 aromatic carbocycles. The van der Waals surface area contributed by atoms with E-state index in [1.807, 2.05) is 85.8 Å². The molecule has 4 aromatic rings. The van der Waals surface area contributed by atoms with Gasteiger partial charge < -0.3 is 10.4 Å². The van der Waals surface area contributed by atoms with Crippen LogP contribution in [0.15, 0.2) is 91.0 Å². The fourth-order valence-corrected chi connectivity index (χ4v) is 3.89. The molecule has 0 aromatic heterocycles. The zero-order valence-corrected chi connectivity index (χ0v) is 17.2. The molecule has 4 nitrogen and oxygen atoms in total. The van der Waals surface area contributed by atoms with Gasteiger partial charge in [-0.05, 0) is 46.9 Å². The Bertz CT molecular complexity index is 1240. The van der Waals surface area contributed by atoms with Gasteiger partial charge in [0.05, 0.1) is 17.2 Å². The number of para-hydroxylation sites is 1. The van der Waals surface area contributed by atoms with Crippen molar-refractivity contribution in [2.75, 3.05) is 5.32 Å². The van der Waals surface area contributed by atoms with Crippen LogP contribution >= 0.6 is 0 Å². The third-order valence-electron chi connectivity index (χ3n) is 5.55. The second-order valence-corrected chi connectivity index (χ2v) is 7.59. The van der Waals surface area contributed by atoms with Gasteiger partial charge in [-0.1, -0.05) is 84.9 Å². The number of nitrogens with one attached hydrogen (secondary N) is 1. The number of carboxylic acids is 1. The Balaban J connectivity index is 1.69. The van der Waals surface area contributed by atoms with Gasteiger partial charge in [0.2, 0.25) is 5.91 Å². The molecular weight excluding hydrogens is 386 g/mol. The minimum absolute atomic E-state index is 0.0897. The molecule has 0 spiro atoms. The number of fused-ring (bicyclic) bond motifs is 1. The van der Waals surface area contributed by atoms with E-state index < -0.39 is 11.9 Å². The number of aromatic carboxylic acids is 1. The number of benzene rings is 4. The van der Waals surface area contributed by atoms with Gasteiger partial charge in [0, 0.05) is 0 Å². The van der Waals surface area contributed by atoms with E-state index in [1.54, 1.807) is 6.07 Å². The molecule has 0 saturated heterocycles. The molecule has 154 valence electrons. The first-order valence-electron chi connectivity index (χ1n) is 10.2. The predicted octanol–water partition coefficient (Wildman–Crippen LogP) is 5.87. The average Bonchev–Trinajstić information content (AvgIpc) is 2.79. The second kappa shape index (κ2) is 8.84. The first-order valence-corrected chi connectivity index (χ1v) is 10.2. The van der Waals surface area contributed by atoms with Crippen LogP contribution in [0.25, 0.3) is 10.8 Å². The molecule has 0 aliphatic carbocycles. The van der Waals surface area contributed by atoms with E-state index in [-0.39, 0.29) is 11.5 Å². The van der Waals surface area contributed by atoms with Crippen molar-refractivity contribution in [3.63, 3.8) is 0 Å². The molecule has 31 heavy (non-hydrogen) atoms. The fraction of sp³-hybridized carbons (Fsp3) is 0.111. The van der Waals surface area contributed by atoms with Crippen molar-refractivity contribution < 1.29 is 14.7 Å². The molecule has 0 saturated carbocycles. The molecule has 0 heterocycles. The van der Waals surface area contributed by atoms with Crippen LogP contribution in [0, 0.1) is 0 Å². The molecule has 4 rings (SSSR count). The molecule has 2 N–H and O–H groups in total. The minimum Gasteiger partial charge on any atom is -0.478 e. The normalized spacial score (nSPS) is 11.8. The standard InChI is InChI=1S/C27H23NO3/c1-18(22-15-7-12-20-11-5-6-14-23(20)22)26(29)28-25-21(13-8-16-24(25)27(30)31)17-19-9-3-2-4-10-19/h2-16,18H,17H2,1H3,(H,28,29)(H,30,31). The lowest BCUT2D eigenvalue weighted by atomic mass is 9.93. The van der Waals surface area contributed by atoms with E-state index in [0.29, 0.717) is 12.1 Å². The molecule has 1 unspecified atom stereocenters. The third-order valence-corrected chi connectivity index (χ3v) is 5.55. The maximum Gasteiger partial charge on any atom is 0.337 e. The molecular formula is C27H23NO3. The van der Waals surface area contributed by atoms with E-state index in [4.69, 9.17) is 0 Å². The fourth-order valence-electron chi connectivity index (χ4n) is 3.89. The number of carboxylic acid groups (broad SMARTS) is 1. The Labute approximate surface area is 181 Å². The van der Waals surface area contributed by atoms with Crippen molar-refractivity contribution in [1.29, 1.82) is 0 Å². The number of anilines is 1. The van der Waals surface area contributed by atoms with Gasteiger partial charge in [-0.25, -0.2) is 4.79 Å². The summed E-state index contributed by atoms with van der Waals surface area (Å²) in [5.74, 6) is -1.75. The lowest BCUT2D eigenvalue weighted by Gasteiger charge is -2.18. The van der Waals surface area contributed by atoms with Crippen molar-refractivity contribution >= 4 is 28.3 Å². The number of amides is 1. The predicted molar refractivity (Wildman–Crippen MR) is 124 cm³/mol. The van der Waals surface area contributed by atoms with E-state index in [1.165, 1.54) is 6.07 Å². The van der Waals surface area contributed by atoms with E-state index in [2.05, 4.69) is 5.32 Å². The molecule has 0 aliphatic heterocycles. The zero-order valence-electron chi connectivity index (χ0n) is 17.2. The Morgan fingerprint density at radius 1 is 0.839 bits per heavy atom. The summed E-state index contributed by atoms with van der Waals surface area (Å²) < 4.78 is 0. The van der Waals surface area contributed by atoms with Crippen LogP contribution in [-0.2, 0) is 11.2 Å². The summed E-state index contributed by atoms with van der Waals surface area (Å²) in [7, 11) is 0. The van der Waals surface area contributed by atoms with Crippen LogP contribution in [0.1, 0.15) is 39.9 Å². The Morgan fingerprint density at radius 3 is 2.29 bits per heavy atom. The van der Waals surface area contributed by atoms with E-state index in [9.17, 15) is 14.7 Å². The maximum absolute atomic E-state index is 13.2. The zero-order chi connectivity index (χ0) is 21.8. The highest BCUT2D eigenvalue weighted by Gasteiger charge is 2.22. The number of carbonyl (C=O) groups excluding carboxylic acids is 1. The summed E-state index contributed by atoms with van der Waals surface area (Å²) in [6.45, 7) is 1.84. The maximum atomic E-state index is 13.2. The number of hydrogen-bond donors (Lipinski definition) is 2. The molecule has 0 fully saturated rings. The van der Waals surface area contributed by atoms with Crippen molar-refractivity contribution in [3.8, 4) is 0 Å². The largest absolute Gasteiger partial charge is 0.478 e. The highest BCUT2D eigenvalue weighted by Crippen LogP contribution is 2.29. The number of rotatable bonds is 6. The van der Waals surface area contributed by atoms with Crippen molar-refractivity contribution in [1.82, 2.24) is 0 Å². The monoisotopic (exact) mass is 409 g/mol. The molecule has 1 atom stereocenters. The summed E-state index contributed by atoms with van der Waals surface area (Å²) in [6.07, 6.45) is 0.528. The van der Waals surface area contributed by atoms with Gasteiger partial charge in [-0.3, -0.25) is 4.79 Å².